The van der Waals surface area contributed by atoms with E-state index in [9.17, 15) is 28.1 Å². The Balaban J connectivity index is 1.43. The average Bonchev–Trinajstić information content (AvgIpc) is 3.27. The number of nitrogens with zero attached hydrogens (tertiary/aromatic N) is 3. The first-order valence-electron chi connectivity index (χ1n) is 12.9. The van der Waals surface area contributed by atoms with Gasteiger partial charge in [-0.3, -0.25) is 14.9 Å². The van der Waals surface area contributed by atoms with E-state index in [1.807, 2.05) is 23.1 Å². The normalized spacial score (nSPS) is 19.2. The van der Waals surface area contributed by atoms with Crippen LogP contribution in [0.1, 0.15) is 42.1 Å². The number of nitro groups is 1. The maximum absolute atomic E-state index is 13.1. The number of ether oxygens (including phenoxy) is 1. The summed E-state index contributed by atoms with van der Waals surface area (Å²) in [6, 6.07) is 14.0. The predicted molar refractivity (Wildman–Crippen MR) is 143 cm³/mol. The van der Waals surface area contributed by atoms with Crippen molar-refractivity contribution in [3.63, 3.8) is 0 Å². The van der Waals surface area contributed by atoms with Crippen LogP contribution in [-0.2, 0) is 25.8 Å². The van der Waals surface area contributed by atoms with Gasteiger partial charge < -0.3 is 14.5 Å². The lowest BCUT2D eigenvalue weighted by atomic mass is 9.90. The van der Waals surface area contributed by atoms with Gasteiger partial charge in [0.15, 0.2) is 16.4 Å². The van der Waals surface area contributed by atoms with Gasteiger partial charge >= 0.3 is 5.97 Å². The molecule has 0 spiro atoms. The van der Waals surface area contributed by atoms with E-state index in [1.54, 1.807) is 13.0 Å². The van der Waals surface area contributed by atoms with Crippen molar-refractivity contribution < 1.29 is 27.7 Å². The van der Waals surface area contributed by atoms with Crippen LogP contribution in [0.2, 0.25) is 0 Å². The van der Waals surface area contributed by atoms with Gasteiger partial charge in [-0.05, 0) is 50.2 Å². The molecule has 11 heteroatoms. The van der Waals surface area contributed by atoms with Crippen molar-refractivity contribution >= 4 is 33.1 Å². The Morgan fingerprint density at radius 2 is 1.82 bits per heavy atom. The first-order chi connectivity index (χ1) is 18.2. The minimum atomic E-state index is -3.18. The standard InChI is InChI=1S/C27H33N3O7S/c1-2-29(23-12-15-38(35,36)19-23)26(31)18-37-27(32)24-17-22(30(33)34)8-9-25(24)28-13-10-21(11-14-28)16-20-6-4-3-5-7-20/h3-9,17,21,23H,2,10-16,18-19H2,1H3/t23-/m1/s1. The maximum Gasteiger partial charge on any atom is 0.341 e. The van der Waals surface area contributed by atoms with Crippen molar-refractivity contribution in [1.29, 1.82) is 0 Å². The molecule has 1 amide bonds. The highest BCUT2D eigenvalue weighted by Gasteiger charge is 2.34. The van der Waals surface area contributed by atoms with E-state index in [1.165, 1.54) is 22.6 Å². The molecule has 38 heavy (non-hydrogen) atoms. The molecule has 0 unspecified atom stereocenters. The van der Waals surface area contributed by atoms with Crippen molar-refractivity contribution in [1.82, 2.24) is 4.90 Å². The predicted octanol–water partition coefficient (Wildman–Crippen LogP) is 3.25. The number of carbonyl (C=O) groups is 2. The fraction of sp³-hybridized carbons (Fsp3) is 0.481. The zero-order valence-electron chi connectivity index (χ0n) is 21.5. The molecule has 2 aliphatic heterocycles. The number of esters is 1. The first-order valence-corrected chi connectivity index (χ1v) is 14.7. The molecular weight excluding hydrogens is 510 g/mol. The van der Waals surface area contributed by atoms with Gasteiger partial charge in [-0.15, -0.1) is 0 Å². The van der Waals surface area contributed by atoms with Crippen LogP contribution in [0.3, 0.4) is 0 Å². The number of benzene rings is 2. The summed E-state index contributed by atoms with van der Waals surface area (Å²) in [5.74, 6) is -0.884. The third kappa shape index (κ3) is 6.69. The molecule has 2 heterocycles. The molecule has 0 aliphatic carbocycles. The molecule has 2 aromatic carbocycles. The minimum absolute atomic E-state index is 0.0281. The van der Waals surface area contributed by atoms with Gasteiger partial charge in [-0.2, -0.15) is 0 Å². The molecule has 204 valence electrons. The zero-order chi connectivity index (χ0) is 27.3. The highest BCUT2D eigenvalue weighted by Crippen LogP contribution is 2.31. The molecule has 2 aliphatic rings. The van der Waals surface area contributed by atoms with Crippen molar-refractivity contribution in [2.24, 2.45) is 5.92 Å². The van der Waals surface area contributed by atoms with E-state index < -0.39 is 39.3 Å². The minimum Gasteiger partial charge on any atom is -0.452 e. The monoisotopic (exact) mass is 543 g/mol. The van der Waals surface area contributed by atoms with E-state index in [4.69, 9.17) is 4.74 Å². The van der Waals surface area contributed by atoms with Crippen LogP contribution in [0.25, 0.3) is 0 Å². The van der Waals surface area contributed by atoms with Crippen LogP contribution in [-0.4, -0.2) is 73.9 Å². The number of nitro benzene ring substituents is 1. The van der Waals surface area contributed by atoms with E-state index >= 15 is 0 Å². The van der Waals surface area contributed by atoms with E-state index in [0.717, 1.165) is 19.3 Å². The molecule has 0 N–H and O–H groups in total. The number of hydrogen-bond acceptors (Lipinski definition) is 8. The summed E-state index contributed by atoms with van der Waals surface area (Å²) in [7, 11) is -3.18. The number of amides is 1. The van der Waals surface area contributed by atoms with Crippen LogP contribution in [0.5, 0.6) is 0 Å². The summed E-state index contributed by atoms with van der Waals surface area (Å²) in [5, 5.41) is 11.4. The summed E-state index contributed by atoms with van der Waals surface area (Å²) in [6.45, 7) is 2.84. The smallest absolute Gasteiger partial charge is 0.341 e. The Labute approximate surface area is 222 Å². The molecule has 1 atom stereocenters. The second-order valence-corrected chi connectivity index (χ2v) is 12.1. The van der Waals surface area contributed by atoms with E-state index in [-0.39, 0.29) is 29.3 Å². The molecule has 0 saturated carbocycles. The topological polar surface area (TPSA) is 127 Å². The largest absolute Gasteiger partial charge is 0.452 e. The summed E-state index contributed by atoms with van der Waals surface area (Å²) >= 11 is 0. The quantitative estimate of drug-likeness (QED) is 0.268. The summed E-state index contributed by atoms with van der Waals surface area (Å²) in [5.41, 5.74) is 1.63. The van der Waals surface area contributed by atoms with Gasteiger partial charge in [0, 0.05) is 37.8 Å². The number of carbonyl (C=O) groups excluding carboxylic acids is 2. The Morgan fingerprint density at radius 1 is 1.11 bits per heavy atom. The number of hydrogen-bond donors (Lipinski definition) is 0. The summed E-state index contributed by atoms with van der Waals surface area (Å²) in [6.07, 6.45) is 3.15. The third-order valence-corrected chi connectivity index (χ3v) is 9.12. The van der Waals surface area contributed by atoms with Crippen LogP contribution >= 0.6 is 0 Å². The maximum atomic E-state index is 13.1. The van der Waals surface area contributed by atoms with Gasteiger partial charge in [0.2, 0.25) is 0 Å². The van der Waals surface area contributed by atoms with Gasteiger partial charge in [0.25, 0.3) is 11.6 Å². The highest BCUT2D eigenvalue weighted by molar-refractivity contribution is 7.91. The zero-order valence-corrected chi connectivity index (χ0v) is 22.3. The lowest BCUT2D eigenvalue weighted by Gasteiger charge is -2.34. The van der Waals surface area contributed by atoms with Gasteiger partial charge in [0.05, 0.1) is 27.7 Å². The van der Waals surface area contributed by atoms with Crippen molar-refractivity contribution in [2.45, 2.75) is 38.6 Å². The van der Waals surface area contributed by atoms with Gasteiger partial charge in [-0.25, -0.2) is 13.2 Å². The molecule has 4 rings (SSSR count). The molecule has 2 fully saturated rings. The Kier molecular flexibility index (Phi) is 8.65. The summed E-state index contributed by atoms with van der Waals surface area (Å²) in [4.78, 5) is 40.2. The van der Waals surface area contributed by atoms with Crippen LogP contribution in [0.4, 0.5) is 11.4 Å². The van der Waals surface area contributed by atoms with E-state index in [2.05, 4.69) is 12.1 Å². The molecule has 0 aromatic heterocycles. The number of sulfone groups is 1. The number of non-ortho nitro benzene ring substituents is 1. The molecule has 10 nitrogen and oxygen atoms in total. The first kappa shape index (κ1) is 27.6. The van der Waals surface area contributed by atoms with Crippen LogP contribution in [0, 0.1) is 16.0 Å². The van der Waals surface area contributed by atoms with E-state index in [0.29, 0.717) is 31.1 Å². The van der Waals surface area contributed by atoms with Crippen molar-refractivity contribution in [3.05, 3.63) is 69.8 Å². The Hall–Kier alpha value is -3.47. The second kappa shape index (κ2) is 11.9. The number of anilines is 1. The number of piperidine rings is 1. The van der Waals surface area contributed by atoms with Gasteiger partial charge in [0.1, 0.15) is 0 Å². The fourth-order valence-corrected chi connectivity index (χ4v) is 7.08. The van der Waals surface area contributed by atoms with Crippen molar-refractivity contribution in [3.8, 4) is 0 Å². The molecular formula is C27H33N3O7S. The second-order valence-electron chi connectivity index (χ2n) is 9.89. The fourth-order valence-electron chi connectivity index (χ4n) is 5.35. The number of rotatable bonds is 9. The molecule has 2 saturated heterocycles. The molecule has 0 bridgehead atoms. The molecule has 2 aromatic rings. The SMILES string of the molecule is CCN(C(=O)COC(=O)c1cc([N+](=O)[O-])ccc1N1CCC(Cc2ccccc2)CC1)[C@@H]1CCS(=O)(=O)C1. The Morgan fingerprint density at radius 3 is 2.42 bits per heavy atom. The third-order valence-electron chi connectivity index (χ3n) is 7.37. The van der Waals surface area contributed by atoms with Gasteiger partial charge in [-0.1, -0.05) is 30.3 Å². The lowest BCUT2D eigenvalue weighted by molar-refractivity contribution is -0.384. The number of likely N-dealkylation sites (N-methyl/N-ethyl adjacent to an activating group) is 1. The summed E-state index contributed by atoms with van der Waals surface area (Å²) < 4.78 is 29.0. The van der Waals surface area contributed by atoms with Crippen LogP contribution < -0.4 is 4.90 Å². The Bertz CT molecular complexity index is 1270. The molecule has 0 radical (unpaired) electrons. The van der Waals surface area contributed by atoms with Crippen molar-refractivity contribution in [2.75, 3.05) is 42.6 Å². The van der Waals surface area contributed by atoms with Crippen LogP contribution in [0.15, 0.2) is 48.5 Å². The lowest BCUT2D eigenvalue weighted by Crippen LogP contribution is -2.43. The average molecular weight is 544 g/mol. The highest BCUT2D eigenvalue weighted by atomic mass is 32.2.